The van der Waals surface area contributed by atoms with Gasteiger partial charge in [-0.15, -0.1) is 0 Å². The lowest BCUT2D eigenvalue weighted by Crippen LogP contribution is -2.51. The molecule has 0 heterocycles. The minimum Gasteiger partial charge on any atom is -0.348 e. The van der Waals surface area contributed by atoms with Crippen molar-refractivity contribution in [3.05, 3.63) is 65.7 Å². The Kier molecular flexibility index (Phi) is 4.65. The Morgan fingerprint density at radius 2 is 1.52 bits per heavy atom. The second-order valence-electron chi connectivity index (χ2n) is 9.40. The average molecular weight is 389 g/mol. The Morgan fingerprint density at radius 3 is 2.17 bits per heavy atom. The summed E-state index contributed by atoms with van der Waals surface area (Å²) < 4.78 is 0. The number of rotatable bonds is 5. The van der Waals surface area contributed by atoms with Gasteiger partial charge in [0.05, 0.1) is 5.41 Å². The lowest BCUT2D eigenvalue weighted by Gasteiger charge is -2.55. The molecule has 4 fully saturated rings. The molecule has 150 valence electrons. The normalized spacial score (nSPS) is 29.4. The molecule has 2 aromatic carbocycles. The summed E-state index contributed by atoms with van der Waals surface area (Å²) in [5, 5.41) is 6.10. The molecule has 0 atom stereocenters. The van der Waals surface area contributed by atoms with Gasteiger partial charge in [0.25, 0.3) is 5.91 Å². The van der Waals surface area contributed by atoms with Crippen molar-refractivity contribution in [3.63, 3.8) is 0 Å². The van der Waals surface area contributed by atoms with Crippen molar-refractivity contribution >= 4 is 17.5 Å². The summed E-state index contributed by atoms with van der Waals surface area (Å²) in [6.45, 7) is 0.490. The van der Waals surface area contributed by atoms with Crippen LogP contribution in [0.2, 0.25) is 0 Å². The van der Waals surface area contributed by atoms with Crippen LogP contribution in [0.15, 0.2) is 54.6 Å². The molecule has 0 aromatic heterocycles. The maximum atomic E-state index is 13.2. The highest BCUT2D eigenvalue weighted by atomic mass is 16.2. The van der Waals surface area contributed by atoms with Gasteiger partial charge in [-0.05, 0) is 80.0 Å². The van der Waals surface area contributed by atoms with E-state index in [0.717, 1.165) is 48.3 Å². The Bertz CT molecular complexity index is 886. The Morgan fingerprint density at radius 1 is 0.862 bits per heavy atom. The first-order chi connectivity index (χ1) is 14.1. The number of benzene rings is 2. The monoisotopic (exact) mass is 388 g/mol. The second-order valence-corrected chi connectivity index (χ2v) is 9.40. The summed E-state index contributed by atoms with van der Waals surface area (Å²) in [7, 11) is 0. The van der Waals surface area contributed by atoms with Gasteiger partial charge in [0.1, 0.15) is 0 Å². The fourth-order valence-electron chi connectivity index (χ4n) is 6.27. The van der Waals surface area contributed by atoms with Crippen LogP contribution in [0.25, 0.3) is 0 Å². The topological polar surface area (TPSA) is 58.2 Å². The summed E-state index contributed by atoms with van der Waals surface area (Å²) in [4.78, 5) is 25.8. The quantitative estimate of drug-likeness (QED) is 0.775. The summed E-state index contributed by atoms with van der Waals surface area (Å²) >= 11 is 0. The number of nitrogens with one attached hydrogen (secondary N) is 2. The lowest BCUT2D eigenvalue weighted by atomic mass is 9.49. The molecule has 0 unspecified atom stereocenters. The maximum absolute atomic E-state index is 13.2. The molecule has 4 bridgehead atoms. The van der Waals surface area contributed by atoms with Crippen LogP contribution < -0.4 is 10.6 Å². The molecule has 6 rings (SSSR count). The van der Waals surface area contributed by atoms with E-state index >= 15 is 0 Å². The lowest BCUT2D eigenvalue weighted by molar-refractivity contribution is -0.140. The summed E-state index contributed by atoms with van der Waals surface area (Å²) in [5.41, 5.74) is 2.18. The van der Waals surface area contributed by atoms with Crippen molar-refractivity contribution in [1.82, 2.24) is 5.32 Å². The van der Waals surface area contributed by atoms with E-state index in [4.69, 9.17) is 0 Å². The highest BCUT2D eigenvalue weighted by Gasteiger charge is 2.54. The van der Waals surface area contributed by atoms with E-state index in [1.54, 1.807) is 12.1 Å². The van der Waals surface area contributed by atoms with Crippen molar-refractivity contribution < 1.29 is 9.59 Å². The molecule has 4 nitrogen and oxygen atoms in total. The first-order valence-electron chi connectivity index (χ1n) is 10.8. The average Bonchev–Trinajstić information content (AvgIpc) is 2.72. The van der Waals surface area contributed by atoms with Crippen LogP contribution in [0.5, 0.6) is 0 Å². The van der Waals surface area contributed by atoms with E-state index in [9.17, 15) is 9.59 Å². The molecule has 4 aliphatic rings. The summed E-state index contributed by atoms with van der Waals surface area (Å²) in [6, 6.07) is 17.2. The maximum Gasteiger partial charge on any atom is 0.251 e. The number of anilines is 1. The summed E-state index contributed by atoms with van der Waals surface area (Å²) in [6.07, 6.45) is 7.10. The Balaban J connectivity index is 1.25. The van der Waals surface area contributed by atoms with Gasteiger partial charge in [0.2, 0.25) is 5.91 Å². The van der Waals surface area contributed by atoms with E-state index in [0.29, 0.717) is 12.1 Å². The van der Waals surface area contributed by atoms with Crippen molar-refractivity contribution in [2.75, 3.05) is 5.32 Å². The smallest absolute Gasteiger partial charge is 0.251 e. The zero-order valence-corrected chi connectivity index (χ0v) is 16.7. The molecule has 0 aliphatic heterocycles. The predicted octanol–water partition coefficient (Wildman–Crippen LogP) is 4.77. The summed E-state index contributed by atoms with van der Waals surface area (Å²) in [5.74, 6) is 2.25. The molecule has 0 spiro atoms. The standard InChI is InChI=1S/C25H28N2O2/c28-23(26-16-17-5-2-1-3-6-17)21-7-4-8-22(12-21)27-24(29)25-13-18-9-19(14-25)11-20(10-18)15-25/h1-8,12,18-20H,9-11,13-16H2,(H,26,28)(H,27,29). The van der Waals surface area contributed by atoms with Crippen molar-refractivity contribution in [1.29, 1.82) is 0 Å². The minimum atomic E-state index is -0.180. The van der Waals surface area contributed by atoms with Crippen LogP contribution >= 0.6 is 0 Å². The van der Waals surface area contributed by atoms with Crippen molar-refractivity contribution in [2.24, 2.45) is 23.2 Å². The fourth-order valence-corrected chi connectivity index (χ4v) is 6.27. The minimum absolute atomic E-state index is 0.125. The largest absolute Gasteiger partial charge is 0.348 e. The molecular weight excluding hydrogens is 360 g/mol. The third-order valence-electron chi connectivity index (χ3n) is 7.20. The van der Waals surface area contributed by atoms with E-state index in [1.807, 2.05) is 42.5 Å². The first kappa shape index (κ1) is 18.4. The molecule has 4 saturated carbocycles. The molecule has 0 radical (unpaired) electrons. The van der Waals surface area contributed by atoms with Gasteiger partial charge in [-0.25, -0.2) is 0 Å². The molecule has 2 amide bonds. The molecule has 0 saturated heterocycles. The van der Waals surface area contributed by atoms with E-state index in [1.165, 1.54) is 19.3 Å². The predicted molar refractivity (Wildman–Crippen MR) is 113 cm³/mol. The SMILES string of the molecule is O=C(NCc1ccccc1)c1cccc(NC(=O)C23CC4CC(CC(C4)C2)C3)c1. The van der Waals surface area contributed by atoms with Crippen LogP contribution in [0, 0.1) is 23.2 Å². The fraction of sp³-hybridized carbons (Fsp3) is 0.440. The Hall–Kier alpha value is -2.62. The molecule has 4 heteroatoms. The van der Waals surface area contributed by atoms with Gasteiger partial charge in [-0.1, -0.05) is 36.4 Å². The molecule has 2 aromatic rings. The second kappa shape index (κ2) is 7.33. The first-order valence-corrected chi connectivity index (χ1v) is 10.8. The zero-order valence-electron chi connectivity index (χ0n) is 16.7. The van der Waals surface area contributed by atoms with Gasteiger partial charge in [-0.3, -0.25) is 9.59 Å². The Labute approximate surface area is 172 Å². The van der Waals surface area contributed by atoms with E-state index < -0.39 is 0 Å². The third-order valence-corrected chi connectivity index (χ3v) is 7.20. The number of carbonyl (C=O) groups excluding carboxylic acids is 2. The number of hydrogen-bond acceptors (Lipinski definition) is 2. The molecule has 2 N–H and O–H groups in total. The van der Waals surface area contributed by atoms with Crippen LogP contribution in [-0.2, 0) is 11.3 Å². The zero-order chi connectivity index (χ0) is 19.8. The van der Waals surface area contributed by atoms with Crippen LogP contribution in [0.3, 0.4) is 0 Å². The highest BCUT2D eigenvalue weighted by molar-refractivity contribution is 5.99. The highest BCUT2D eigenvalue weighted by Crippen LogP contribution is 2.60. The van der Waals surface area contributed by atoms with E-state index in [-0.39, 0.29) is 17.2 Å². The molecule has 29 heavy (non-hydrogen) atoms. The number of carbonyl (C=O) groups is 2. The molecule has 4 aliphatic carbocycles. The van der Waals surface area contributed by atoms with Gasteiger partial charge in [0.15, 0.2) is 0 Å². The van der Waals surface area contributed by atoms with Crippen molar-refractivity contribution in [3.8, 4) is 0 Å². The van der Waals surface area contributed by atoms with Gasteiger partial charge in [0, 0.05) is 17.8 Å². The van der Waals surface area contributed by atoms with Gasteiger partial charge in [-0.2, -0.15) is 0 Å². The number of amides is 2. The van der Waals surface area contributed by atoms with Crippen molar-refractivity contribution in [2.45, 2.75) is 45.1 Å². The van der Waals surface area contributed by atoms with Crippen LogP contribution in [0.4, 0.5) is 5.69 Å². The van der Waals surface area contributed by atoms with Gasteiger partial charge < -0.3 is 10.6 Å². The van der Waals surface area contributed by atoms with Crippen LogP contribution in [0.1, 0.15) is 54.4 Å². The van der Waals surface area contributed by atoms with E-state index in [2.05, 4.69) is 10.6 Å². The van der Waals surface area contributed by atoms with Gasteiger partial charge >= 0.3 is 0 Å². The van der Waals surface area contributed by atoms with Crippen LogP contribution in [-0.4, -0.2) is 11.8 Å². The molecular formula is C25H28N2O2. The number of hydrogen-bond donors (Lipinski definition) is 2. The third kappa shape index (κ3) is 3.68.